The van der Waals surface area contributed by atoms with Crippen LogP contribution in [0.5, 0.6) is 0 Å². The summed E-state index contributed by atoms with van der Waals surface area (Å²) in [6.07, 6.45) is 2.24. The van der Waals surface area contributed by atoms with Crippen LogP contribution in [0.1, 0.15) is 19.8 Å². The maximum Gasteiger partial charge on any atom is 0.232 e. The second kappa shape index (κ2) is 8.25. The molecule has 3 nitrogen and oxygen atoms in total. The summed E-state index contributed by atoms with van der Waals surface area (Å²) < 4.78 is 0. The first-order chi connectivity index (χ1) is 6.75. The van der Waals surface area contributed by atoms with Gasteiger partial charge in [0.05, 0.1) is 5.75 Å². The number of hydrogen-bond donors (Lipinski definition) is 1. The number of halogens is 1. The van der Waals surface area contributed by atoms with Gasteiger partial charge in [-0.1, -0.05) is 6.92 Å². The zero-order valence-electron chi connectivity index (χ0n) is 9.49. The van der Waals surface area contributed by atoms with Crippen LogP contribution in [0.25, 0.3) is 0 Å². The van der Waals surface area contributed by atoms with E-state index in [1.54, 1.807) is 11.8 Å². The Morgan fingerprint density at radius 2 is 2.33 bits per heavy atom. The lowest BCUT2D eigenvalue weighted by Gasteiger charge is -2.23. The van der Waals surface area contributed by atoms with Gasteiger partial charge in [0.2, 0.25) is 5.91 Å². The van der Waals surface area contributed by atoms with Crippen LogP contribution in [0, 0.1) is 0 Å². The highest BCUT2D eigenvalue weighted by Gasteiger charge is 2.22. The topological polar surface area (TPSA) is 32.3 Å². The number of amides is 1. The summed E-state index contributed by atoms with van der Waals surface area (Å²) in [5.41, 5.74) is 0. The zero-order chi connectivity index (χ0) is 10.4. The number of carbonyl (C=O) groups excluding carboxylic acids is 1. The van der Waals surface area contributed by atoms with Gasteiger partial charge >= 0.3 is 0 Å². The molecule has 1 atom stereocenters. The molecular weight excluding hydrogens is 232 g/mol. The van der Waals surface area contributed by atoms with Gasteiger partial charge in [-0.05, 0) is 25.1 Å². The van der Waals surface area contributed by atoms with Crippen LogP contribution in [-0.4, -0.2) is 48.5 Å². The van der Waals surface area contributed by atoms with Gasteiger partial charge in [-0.15, -0.1) is 12.4 Å². The highest BCUT2D eigenvalue weighted by Crippen LogP contribution is 2.09. The fraction of sp³-hybridized carbons (Fsp3) is 0.900. The average molecular weight is 253 g/mol. The molecule has 1 saturated heterocycles. The number of carbonyl (C=O) groups is 1. The monoisotopic (exact) mass is 252 g/mol. The minimum absolute atomic E-state index is 0. The van der Waals surface area contributed by atoms with E-state index in [1.807, 2.05) is 11.9 Å². The molecule has 0 aromatic carbocycles. The number of hydrogen-bond acceptors (Lipinski definition) is 3. The van der Waals surface area contributed by atoms with Crippen molar-refractivity contribution in [3.63, 3.8) is 0 Å². The Morgan fingerprint density at radius 1 is 1.60 bits per heavy atom. The normalized spacial score (nSPS) is 19.7. The lowest BCUT2D eigenvalue weighted by Crippen LogP contribution is -2.39. The van der Waals surface area contributed by atoms with Crippen LogP contribution in [0.3, 0.4) is 0 Å². The Balaban J connectivity index is 0.00000196. The lowest BCUT2D eigenvalue weighted by molar-refractivity contribution is -0.128. The van der Waals surface area contributed by atoms with Crippen LogP contribution < -0.4 is 5.32 Å². The molecule has 1 heterocycles. The Hall–Kier alpha value is 0.0700. The molecule has 0 aliphatic carbocycles. The Kier molecular flexibility index (Phi) is 8.29. The third-order valence-electron chi connectivity index (χ3n) is 2.55. The van der Waals surface area contributed by atoms with Gasteiger partial charge in [-0.3, -0.25) is 4.79 Å². The molecule has 1 aliphatic heterocycles. The quantitative estimate of drug-likeness (QED) is 0.751. The third-order valence-corrected chi connectivity index (χ3v) is 3.70. The van der Waals surface area contributed by atoms with E-state index in [4.69, 9.17) is 0 Å². The summed E-state index contributed by atoms with van der Waals surface area (Å²) in [7, 11) is 1.92. The average Bonchev–Trinajstić information content (AvgIpc) is 2.69. The molecule has 1 amide bonds. The summed E-state index contributed by atoms with van der Waals surface area (Å²) >= 11 is 1.74. The third kappa shape index (κ3) is 5.09. The van der Waals surface area contributed by atoms with Crippen molar-refractivity contribution in [2.75, 3.05) is 31.6 Å². The van der Waals surface area contributed by atoms with E-state index >= 15 is 0 Å². The largest absolute Gasteiger partial charge is 0.341 e. The minimum Gasteiger partial charge on any atom is -0.341 e. The van der Waals surface area contributed by atoms with E-state index in [1.165, 1.54) is 0 Å². The molecule has 0 bridgehead atoms. The molecule has 1 aliphatic rings. The van der Waals surface area contributed by atoms with Gasteiger partial charge in [0.1, 0.15) is 0 Å². The first-order valence-corrected chi connectivity index (χ1v) is 6.45. The zero-order valence-corrected chi connectivity index (χ0v) is 11.1. The fourth-order valence-electron chi connectivity index (χ4n) is 1.58. The predicted molar refractivity (Wildman–Crippen MR) is 68.9 cm³/mol. The summed E-state index contributed by atoms with van der Waals surface area (Å²) in [4.78, 5) is 13.6. The van der Waals surface area contributed by atoms with Crippen molar-refractivity contribution in [1.29, 1.82) is 0 Å². The van der Waals surface area contributed by atoms with Crippen LogP contribution in [0.15, 0.2) is 0 Å². The molecule has 1 N–H and O–H groups in total. The standard InChI is InChI=1S/C10H20N2OS.ClH/c1-3-6-14-8-10(13)12(2)9-4-5-11-7-9;/h9,11H,3-8H2,1-2H3;1H. The van der Waals surface area contributed by atoms with Gasteiger partial charge in [-0.25, -0.2) is 0 Å². The molecule has 1 rings (SSSR count). The maximum absolute atomic E-state index is 11.7. The SMILES string of the molecule is CCCSCC(=O)N(C)C1CCNC1.Cl. The van der Waals surface area contributed by atoms with Crippen molar-refractivity contribution in [2.45, 2.75) is 25.8 Å². The molecule has 15 heavy (non-hydrogen) atoms. The lowest BCUT2D eigenvalue weighted by atomic mass is 10.2. The van der Waals surface area contributed by atoms with Gasteiger partial charge in [0, 0.05) is 19.6 Å². The number of rotatable bonds is 5. The second-order valence-corrected chi connectivity index (χ2v) is 4.81. The smallest absolute Gasteiger partial charge is 0.232 e. The molecule has 1 fully saturated rings. The van der Waals surface area contributed by atoms with E-state index < -0.39 is 0 Å². The molecule has 0 radical (unpaired) electrons. The fourth-order valence-corrected chi connectivity index (χ4v) is 2.39. The van der Waals surface area contributed by atoms with Crippen molar-refractivity contribution in [1.82, 2.24) is 10.2 Å². The number of nitrogens with one attached hydrogen (secondary N) is 1. The first kappa shape index (κ1) is 15.1. The summed E-state index contributed by atoms with van der Waals surface area (Å²) in [5.74, 6) is 2.00. The second-order valence-electron chi connectivity index (χ2n) is 3.70. The molecule has 1 unspecified atom stereocenters. The van der Waals surface area contributed by atoms with E-state index in [2.05, 4.69) is 12.2 Å². The van der Waals surface area contributed by atoms with Gasteiger partial charge < -0.3 is 10.2 Å². The summed E-state index contributed by atoms with van der Waals surface area (Å²) in [6, 6.07) is 0.421. The number of nitrogens with zero attached hydrogens (tertiary/aromatic N) is 1. The first-order valence-electron chi connectivity index (χ1n) is 5.29. The Bertz CT molecular complexity index is 186. The van der Waals surface area contributed by atoms with E-state index in [9.17, 15) is 4.79 Å². The minimum atomic E-state index is 0. The van der Waals surface area contributed by atoms with Crippen LogP contribution in [0.2, 0.25) is 0 Å². The molecule has 0 saturated carbocycles. The van der Waals surface area contributed by atoms with Crippen LogP contribution >= 0.6 is 24.2 Å². The highest BCUT2D eigenvalue weighted by atomic mass is 35.5. The molecule has 0 aromatic rings. The van der Waals surface area contributed by atoms with Crippen molar-refractivity contribution in [3.8, 4) is 0 Å². The van der Waals surface area contributed by atoms with Crippen LogP contribution in [0.4, 0.5) is 0 Å². The molecule has 5 heteroatoms. The van der Waals surface area contributed by atoms with Crippen molar-refractivity contribution in [3.05, 3.63) is 0 Å². The van der Waals surface area contributed by atoms with Crippen molar-refractivity contribution >= 4 is 30.1 Å². The molecule has 90 valence electrons. The van der Waals surface area contributed by atoms with Gasteiger partial charge in [0.25, 0.3) is 0 Å². The van der Waals surface area contributed by atoms with Crippen molar-refractivity contribution < 1.29 is 4.79 Å². The maximum atomic E-state index is 11.7. The highest BCUT2D eigenvalue weighted by molar-refractivity contribution is 7.99. The summed E-state index contributed by atoms with van der Waals surface area (Å²) in [5, 5.41) is 3.27. The molecule has 0 spiro atoms. The van der Waals surface area contributed by atoms with Gasteiger partial charge in [-0.2, -0.15) is 11.8 Å². The molecule has 0 aromatic heterocycles. The van der Waals surface area contributed by atoms with E-state index in [0.29, 0.717) is 11.8 Å². The number of likely N-dealkylation sites (N-methyl/N-ethyl adjacent to an activating group) is 1. The van der Waals surface area contributed by atoms with Crippen LogP contribution in [-0.2, 0) is 4.79 Å². The Morgan fingerprint density at radius 3 is 2.87 bits per heavy atom. The number of thioether (sulfide) groups is 1. The van der Waals surface area contributed by atoms with E-state index in [-0.39, 0.29) is 18.3 Å². The Labute approximate surface area is 103 Å². The predicted octanol–water partition coefficient (Wildman–Crippen LogP) is 1.37. The van der Waals surface area contributed by atoms with E-state index in [0.717, 1.165) is 31.7 Å². The summed E-state index contributed by atoms with van der Waals surface area (Å²) in [6.45, 7) is 4.15. The molecular formula is C10H21ClN2OS. The van der Waals surface area contributed by atoms with Gasteiger partial charge in [0.15, 0.2) is 0 Å². The van der Waals surface area contributed by atoms with Crippen molar-refractivity contribution in [2.24, 2.45) is 0 Å².